The molecule has 0 saturated carbocycles. The first-order chi connectivity index (χ1) is 5.73. The summed E-state index contributed by atoms with van der Waals surface area (Å²) in [6.07, 6.45) is 4.45. The van der Waals surface area contributed by atoms with Gasteiger partial charge in [0.15, 0.2) is 5.60 Å². The van der Waals surface area contributed by atoms with Gasteiger partial charge < -0.3 is 4.74 Å². The van der Waals surface area contributed by atoms with Crippen LogP contribution in [0.15, 0.2) is 12.2 Å². The van der Waals surface area contributed by atoms with Gasteiger partial charge in [-0.05, 0) is 18.9 Å². The van der Waals surface area contributed by atoms with Gasteiger partial charge in [0.2, 0.25) is 5.91 Å². The van der Waals surface area contributed by atoms with Crippen LogP contribution in [0.25, 0.3) is 0 Å². The van der Waals surface area contributed by atoms with Crippen molar-refractivity contribution in [1.82, 2.24) is 5.32 Å². The van der Waals surface area contributed by atoms with Crippen LogP contribution < -0.4 is 5.32 Å². The van der Waals surface area contributed by atoms with E-state index in [1.165, 1.54) is 6.08 Å². The minimum absolute atomic E-state index is 0.326. The van der Waals surface area contributed by atoms with Gasteiger partial charge in [0.05, 0.1) is 0 Å². The Labute approximate surface area is 69.6 Å². The fourth-order valence-electron chi connectivity index (χ4n) is 1.52. The van der Waals surface area contributed by atoms with Crippen LogP contribution in [0.1, 0.15) is 12.8 Å². The predicted octanol–water partition coefficient (Wildman–Crippen LogP) is -0.252. The molecule has 4 heteroatoms. The monoisotopic (exact) mass is 167 g/mol. The molecular formula is C8H9NO3. The van der Waals surface area contributed by atoms with Crippen LogP contribution in [-0.2, 0) is 14.3 Å². The maximum atomic E-state index is 11.3. The molecule has 2 heterocycles. The molecule has 4 nitrogen and oxygen atoms in total. The molecule has 1 fully saturated rings. The van der Waals surface area contributed by atoms with Gasteiger partial charge in [-0.15, -0.1) is 0 Å². The van der Waals surface area contributed by atoms with E-state index in [4.69, 9.17) is 4.74 Å². The molecule has 2 aliphatic rings. The number of amides is 2. The van der Waals surface area contributed by atoms with E-state index in [9.17, 15) is 9.59 Å². The number of carbonyl (C=O) groups is 2. The summed E-state index contributed by atoms with van der Waals surface area (Å²) in [6, 6.07) is 0. The Morgan fingerprint density at radius 1 is 1.50 bits per heavy atom. The Balaban J connectivity index is 2.30. The Kier molecular flexibility index (Phi) is 1.51. The summed E-state index contributed by atoms with van der Waals surface area (Å²) < 4.78 is 5.29. The third kappa shape index (κ3) is 0.956. The summed E-state index contributed by atoms with van der Waals surface area (Å²) in [6.45, 7) is 0.589. The fourth-order valence-corrected chi connectivity index (χ4v) is 1.52. The lowest BCUT2D eigenvalue weighted by molar-refractivity contribution is -0.141. The number of ether oxygens (including phenoxy) is 1. The number of rotatable bonds is 0. The molecule has 0 bridgehead atoms. The van der Waals surface area contributed by atoms with Crippen molar-refractivity contribution < 1.29 is 14.3 Å². The lowest BCUT2D eigenvalue weighted by Gasteiger charge is -2.25. The maximum absolute atomic E-state index is 11.3. The molecule has 2 amide bonds. The third-order valence-corrected chi connectivity index (χ3v) is 2.18. The Hall–Kier alpha value is -1.16. The Morgan fingerprint density at radius 3 is 2.92 bits per heavy atom. The average molecular weight is 167 g/mol. The van der Waals surface area contributed by atoms with Crippen LogP contribution >= 0.6 is 0 Å². The topological polar surface area (TPSA) is 55.4 Å². The van der Waals surface area contributed by atoms with Crippen LogP contribution in [0.2, 0.25) is 0 Å². The van der Waals surface area contributed by atoms with Crippen molar-refractivity contribution >= 4 is 11.8 Å². The number of hydrogen-bond donors (Lipinski definition) is 1. The van der Waals surface area contributed by atoms with Crippen LogP contribution in [-0.4, -0.2) is 24.0 Å². The zero-order valence-corrected chi connectivity index (χ0v) is 6.50. The highest BCUT2D eigenvalue weighted by Crippen LogP contribution is 2.28. The smallest absolute Gasteiger partial charge is 0.263 e. The highest BCUT2D eigenvalue weighted by atomic mass is 16.5. The predicted molar refractivity (Wildman–Crippen MR) is 40.2 cm³/mol. The molecule has 0 aromatic carbocycles. The molecule has 1 atom stereocenters. The first-order valence-electron chi connectivity index (χ1n) is 3.92. The molecule has 0 aromatic heterocycles. The van der Waals surface area contributed by atoms with E-state index in [1.54, 1.807) is 6.08 Å². The van der Waals surface area contributed by atoms with Crippen molar-refractivity contribution in [3.8, 4) is 0 Å². The van der Waals surface area contributed by atoms with Gasteiger partial charge in [-0.2, -0.15) is 0 Å². The van der Waals surface area contributed by atoms with Crippen LogP contribution in [0.5, 0.6) is 0 Å². The number of hydrogen-bond acceptors (Lipinski definition) is 3. The number of carbonyl (C=O) groups excluding carboxylic acids is 2. The molecule has 2 rings (SSSR count). The molecular weight excluding hydrogens is 158 g/mol. The molecule has 1 unspecified atom stereocenters. The normalized spacial score (nSPS) is 34.3. The molecule has 0 aliphatic carbocycles. The van der Waals surface area contributed by atoms with Gasteiger partial charge >= 0.3 is 0 Å². The standard InChI is InChI=1S/C8H9NO3/c10-6-2-4-8(7(11)9-6)3-1-5-12-8/h2,4H,1,3,5H2,(H,9,10,11). The van der Waals surface area contributed by atoms with Crippen LogP contribution in [0.4, 0.5) is 0 Å². The van der Waals surface area contributed by atoms with Crippen LogP contribution in [0.3, 0.4) is 0 Å². The maximum Gasteiger partial charge on any atom is 0.263 e. The average Bonchev–Trinajstić information content (AvgIpc) is 2.48. The van der Waals surface area contributed by atoms with Crippen molar-refractivity contribution in [3.05, 3.63) is 12.2 Å². The molecule has 12 heavy (non-hydrogen) atoms. The third-order valence-electron chi connectivity index (χ3n) is 2.18. The van der Waals surface area contributed by atoms with E-state index in [1.807, 2.05) is 0 Å². The first kappa shape index (κ1) is 7.49. The van der Waals surface area contributed by atoms with Gasteiger partial charge in [0.1, 0.15) is 0 Å². The van der Waals surface area contributed by atoms with E-state index in [0.29, 0.717) is 13.0 Å². The molecule has 2 aliphatic heterocycles. The minimum atomic E-state index is -0.839. The Morgan fingerprint density at radius 2 is 2.33 bits per heavy atom. The molecule has 1 N–H and O–H groups in total. The van der Waals surface area contributed by atoms with Gasteiger partial charge in [0, 0.05) is 12.7 Å². The van der Waals surface area contributed by atoms with E-state index < -0.39 is 5.60 Å². The van der Waals surface area contributed by atoms with Gasteiger partial charge in [0.25, 0.3) is 5.91 Å². The SMILES string of the molecule is O=C1C=CC2(CCCO2)C(=O)N1. The number of nitrogens with one attached hydrogen (secondary N) is 1. The summed E-state index contributed by atoms with van der Waals surface area (Å²) in [5.74, 6) is -0.686. The van der Waals surface area contributed by atoms with E-state index >= 15 is 0 Å². The molecule has 1 saturated heterocycles. The second-order valence-electron chi connectivity index (χ2n) is 2.99. The summed E-state index contributed by atoms with van der Waals surface area (Å²) in [7, 11) is 0. The Bertz CT molecular complexity index is 263. The quantitative estimate of drug-likeness (QED) is 0.506. The summed E-state index contributed by atoms with van der Waals surface area (Å²) in [5, 5.41) is 2.22. The second-order valence-corrected chi connectivity index (χ2v) is 2.99. The molecule has 0 aromatic rings. The summed E-state index contributed by atoms with van der Waals surface area (Å²) in [4.78, 5) is 22.1. The highest BCUT2D eigenvalue weighted by molar-refractivity contribution is 6.08. The fraction of sp³-hybridized carbons (Fsp3) is 0.500. The largest absolute Gasteiger partial charge is 0.361 e. The van der Waals surface area contributed by atoms with E-state index in [0.717, 1.165) is 6.42 Å². The van der Waals surface area contributed by atoms with Crippen molar-refractivity contribution in [2.45, 2.75) is 18.4 Å². The van der Waals surface area contributed by atoms with Crippen molar-refractivity contribution in [2.75, 3.05) is 6.61 Å². The highest BCUT2D eigenvalue weighted by Gasteiger charge is 2.42. The summed E-state index contributed by atoms with van der Waals surface area (Å²) >= 11 is 0. The molecule has 64 valence electrons. The van der Waals surface area contributed by atoms with E-state index in [-0.39, 0.29) is 11.8 Å². The molecule has 1 spiro atoms. The lowest BCUT2D eigenvalue weighted by atomic mass is 9.96. The molecule has 0 radical (unpaired) electrons. The lowest BCUT2D eigenvalue weighted by Crippen LogP contribution is -2.50. The van der Waals surface area contributed by atoms with Gasteiger partial charge in [-0.25, -0.2) is 0 Å². The van der Waals surface area contributed by atoms with Crippen molar-refractivity contribution in [1.29, 1.82) is 0 Å². The first-order valence-corrected chi connectivity index (χ1v) is 3.92. The second kappa shape index (κ2) is 2.42. The summed E-state index contributed by atoms with van der Waals surface area (Å²) in [5.41, 5.74) is -0.839. The van der Waals surface area contributed by atoms with Gasteiger partial charge in [-0.1, -0.05) is 0 Å². The zero-order chi connectivity index (χ0) is 8.60. The van der Waals surface area contributed by atoms with Crippen molar-refractivity contribution in [2.24, 2.45) is 0 Å². The zero-order valence-electron chi connectivity index (χ0n) is 6.50. The van der Waals surface area contributed by atoms with E-state index in [2.05, 4.69) is 5.32 Å². The van der Waals surface area contributed by atoms with Crippen LogP contribution in [0, 0.1) is 0 Å². The van der Waals surface area contributed by atoms with Crippen molar-refractivity contribution in [3.63, 3.8) is 0 Å². The number of imide groups is 1. The van der Waals surface area contributed by atoms with Gasteiger partial charge in [-0.3, -0.25) is 14.9 Å². The minimum Gasteiger partial charge on any atom is -0.361 e.